The Balaban J connectivity index is 3.61. The zero-order valence-electron chi connectivity index (χ0n) is 18.0. The quantitative estimate of drug-likeness (QED) is 0.532. The van der Waals surface area contributed by atoms with Crippen molar-refractivity contribution in [1.29, 1.82) is 0 Å². The molecular weight excluding hydrogens is 345 g/mol. The lowest BCUT2D eigenvalue weighted by Crippen LogP contribution is -2.28. The molecule has 5 heteroatoms. The summed E-state index contributed by atoms with van der Waals surface area (Å²) in [4.78, 5) is 13.0. The molecule has 0 amide bonds. The molecule has 1 unspecified atom stereocenters. The molecule has 0 aromatic rings. The Morgan fingerprint density at radius 2 is 1.38 bits per heavy atom. The third kappa shape index (κ3) is 5.28. The van der Waals surface area contributed by atoms with E-state index in [2.05, 4.69) is 0 Å². The molecule has 0 heterocycles. The molecule has 0 aromatic carbocycles. The molecule has 0 bridgehead atoms. The smallest absolute Gasteiger partial charge is 0.295 e. The fourth-order valence-electron chi connectivity index (χ4n) is 3.03. The highest BCUT2D eigenvalue weighted by Crippen LogP contribution is 2.54. The maximum Gasteiger partial charge on any atom is 0.295 e. The van der Waals surface area contributed by atoms with E-state index in [9.17, 15) is 9.36 Å². The predicted octanol–water partition coefficient (Wildman–Crippen LogP) is 5.97. The van der Waals surface area contributed by atoms with Gasteiger partial charge < -0.3 is 4.52 Å². The van der Waals surface area contributed by atoms with Gasteiger partial charge in [-0.05, 0) is 35.5 Å². The first-order valence-electron chi connectivity index (χ1n) is 9.51. The van der Waals surface area contributed by atoms with Crippen LogP contribution in [0.25, 0.3) is 0 Å². The average Bonchev–Trinajstić information content (AvgIpc) is 2.48. The Kier molecular flexibility index (Phi) is 7.43. The van der Waals surface area contributed by atoms with Crippen molar-refractivity contribution in [2.45, 2.75) is 62.3 Å². The van der Waals surface area contributed by atoms with E-state index in [0.29, 0.717) is 19.7 Å². The number of rotatable bonds is 6. The number of hydrogen-bond donors (Lipinski definition) is 0. The lowest BCUT2D eigenvalue weighted by atomic mass is 9.72. The van der Waals surface area contributed by atoms with Crippen molar-refractivity contribution in [3.05, 3.63) is 34.7 Å². The van der Waals surface area contributed by atoms with Gasteiger partial charge in [-0.2, -0.15) is 0 Å². The third-order valence-corrected chi connectivity index (χ3v) is 7.08. The fraction of sp³-hybridized carbons (Fsp3) is 0.667. The van der Waals surface area contributed by atoms with Crippen molar-refractivity contribution < 1.29 is 13.9 Å². The number of hydrogen-bond acceptors (Lipinski definition) is 3. The number of carbonyl (C=O) groups excluding carboxylic acids is 1. The van der Waals surface area contributed by atoms with Crippen LogP contribution >= 0.6 is 7.52 Å². The molecule has 4 nitrogen and oxygen atoms in total. The largest absolute Gasteiger partial charge is 0.315 e. The van der Waals surface area contributed by atoms with Crippen LogP contribution in [0.3, 0.4) is 0 Å². The SMILES string of the molecule is CCOP(=O)(C=C1C=C(C(C)(C)C)C(=O)C(C(C)(C)C)=C1)N(CC)CC. The number of nitrogens with zero attached hydrogens (tertiary/aromatic N) is 1. The van der Waals surface area contributed by atoms with Crippen molar-refractivity contribution in [3.63, 3.8) is 0 Å². The Morgan fingerprint density at radius 3 is 1.69 bits per heavy atom. The Bertz CT molecular complexity index is 632. The zero-order valence-corrected chi connectivity index (χ0v) is 18.9. The van der Waals surface area contributed by atoms with E-state index in [1.807, 2.05) is 79.1 Å². The van der Waals surface area contributed by atoms with E-state index < -0.39 is 7.52 Å². The zero-order chi connectivity index (χ0) is 20.3. The van der Waals surface area contributed by atoms with Crippen molar-refractivity contribution in [1.82, 2.24) is 4.67 Å². The van der Waals surface area contributed by atoms with Crippen LogP contribution in [-0.2, 0) is 13.9 Å². The molecular formula is C21H36NO3P. The molecule has 0 radical (unpaired) electrons. The molecule has 1 atom stereocenters. The van der Waals surface area contributed by atoms with Crippen molar-refractivity contribution in [3.8, 4) is 0 Å². The topological polar surface area (TPSA) is 46.6 Å². The van der Waals surface area contributed by atoms with Crippen LogP contribution in [0.15, 0.2) is 34.7 Å². The third-order valence-electron chi connectivity index (χ3n) is 4.48. The van der Waals surface area contributed by atoms with Crippen molar-refractivity contribution in [2.75, 3.05) is 19.7 Å². The summed E-state index contributed by atoms with van der Waals surface area (Å²) < 4.78 is 21.1. The minimum atomic E-state index is -3.10. The van der Waals surface area contributed by atoms with Gasteiger partial charge in [-0.25, -0.2) is 4.67 Å². The van der Waals surface area contributed by atoms with Crippen LogP contribution in [0.2, 0.25) is 0 Å². The standard InChI is InChI=1S/C21H36NO3P/c1-10-22(11-2)26(24,25-12-3)15-16-13-17(20(4,5)6)19(23)18(14-16)21(7,8)9/h13-15H,10-12H2,1-9H3. The number of Topliss-reactive ketones (excluding diaryl/α,β-unsaturated/α-hetero) is 1. The normalized spacial score (nSPS) is 18.5. The first kappa shape index (κ1) is 23.1. The van der Waals surface area contributed by atoms with E-state index in [1.54, 1.807) is 5.82 Å². The Morgan fingerprint density at radius 1 is 0.962 bits per heavy atom. The lowest BCUT2D eigenvalue weighted by Gasteiger charge is -2.32. The second-order valence-corrected chi connectivity index (χ2v) is 10.9. The van der Waals surface area contributed by atoms with Crippen LogP contribution in [0.5, 0.6) is 0 Å². The van der Waals surface area contributed by atoms with Crippen molar-refractivity contribution in [2.24, 2.45) is 10.8 Å². The van der Waals surface area contributed by atoms with Gasteiger partial charge in [-0.15, -0.1) is 0 Å². The summed E-state index contributed by atoms with van der Waals surface area (Å²) >= 11 is 0. The van der Waals surface area contributed by atoms with Gasteiger partial charge in [0.15, 0.2) is 5.78 Å². The van der Waals surface area contributed by atoms with E-state index in [-0.39, 0.29) is 16.6 Å². The van der Waals surface area contributed by atoms with Gasteiger partial charge >= 0.3 is 0 Å². The second-order valence-electron chi connectivity index (χ2n) is 8.70. The molecule has 0 aliphatic heterocycles. The summed E-state index contributed by atoms with van der Waals surface area (Å²) in [5.74, 6) is 1.81. The van der Waals surface area contributed by atoms with E-state index in [0.717, 1.165) is 16.7 Å². The van der Waals surface area contributed by atoms with Crippen LogP contribution in [0, 0.1) is 10.8 Å². The predicted molar refractivity (Wildman–Crippen MR) is 110 cm³/mol. The van der Waals surface area contributed by atoms with Gasteiger partial charge in [0, 0.05) is 30.1 Å². The van der Waals surface area contributed by atoms with E-state index >= 15 is 0 Å². The maximum atomic E-state index is 13.5. The summed E-state index contributed by atoms with van der Waals surface area (Å²) in [7, 11) is -3.10. The Labute approximate surface area is 159 Å². The molecule has 0 aromatic heterocycles. The minimum absolute atomic E-state index is 0.0798. The van der Waals surface area contributed by atoms with Gasteiger partial charge in [-0.1, -0.05) is 55.4 Å². The highest BCUT2D eigenvalue weighted by Gasteiger charge is 2.35. The van der Waals surface area contributed by atoms with Crippen molar-refractivity contribution >= 4 is 13.3 Å². The number of allylic oxidation sites excluding steroid dienone is 5. The van der Waals surface area contributed by atoms with E-state index in [4.69, 9.17) is 4.52 Å². The molecule has 1 rings (SSSR count). The lowest BCUT2D eigenvalue weighted by molar-refractivity contribution is -0.114. The molecule has 0 saturated carbocycles. The van der Waals surface area contributed by atoms with E-state index in [1.165, 1.54) is 0 Å². The van der Waals surface area contributed by atoms with Crippen LogP contribution in [-0.4, -0.2) is 30.2 Å². The molecule has 148 valence electrons. The summed E-state index contributed by atoms with van der Waals surface area (Å²) in [6, 6.07) is 0. The first-order valence-corrected chi connectivity index (χ1v) is 11.2. The maximum absolute atomic E-state index is 13.5. The van der Waals surface area contributed by atoms with Gasteiger partial charge in [0.1, 0.15) is 0 Å². The Hall–Kier alpha value is -0.960. The monoisotopic (exact) mass is 381 g/mol. The van der Waals surface area contributed by atoms with Gasteiger partial charge in [0.25, 0.3) is 7.52 Å². The fourth-order valence-corrected chi connectivity index (χ4v) is 5.12. The van der Waals surface area contributed by atoms with Gasteiger partial charge in [0.05, 0.1) is 6.61 Å². The average molecular weight is 381 g/mol. The summed E-state index contributed by atoms with van der Waals surface area (Å²) in [6.07, 6.45) is 3.76. The highest BCUT2D eigenvalue weighted by molar-refractivity contribution is 7.59. The summed E-state index contributed by atoms with van der Waals surface area (Å²) in [5.41, 5.74) is 1.72. The summed E-state index contributed by atoms with van der Waals surface area (Å²) in [6.45, 7) is 19.7. The van der Waals surface area contributed by atoms with Crippen LogP contribution < -0.4 is 0 Å². The molecule has 0 N–H and O–H groups in total. The molecule has 0 saturated heterocycles. The molecule has 0 fully saturated rings. The summed E-state index contributed by atoms with van der Waals surface area (Å²) in [5, 5.41) is 0. The van der Waals surface area contributed by atoms with Crippen LogP contribution in [0.1, 0.15) is 62.3 Å². The minimum Gasteiger partial charge on any atom is -0.315 e. The van der Waals surface area contributed by atoms with Crippen LogP contribution in [0.4, 0.5) is 0 Å². The van der Waals surface area contributed by atoms with Gasteiger partial charge in [-0.3, -0.25) is 9.36 Å². The molecule has 0 spiro atoms. The highest BCUT2D eigenvalue weighted by atomic mass is 31.2. The van der Waals surface area contributed by atoms with Gasteiger partial charge in [0.2, 0.25) is 0 Å². The number of ketones is 1. The molecule has 1 aliphatic rings. The second kappa shape index (κ2) is 8.37. The molecule has 1 aliphatic carbocycles. The molecule has 26 heavy (non-hydrogen) atoms. The number of carbonyl (C=O) groups is 1. The first-order chi connectivity index (χ1) is 11.8.